The van der Waals surface area contributed by atoms with E-state index in [9.17, 15) is 13.2 Å². The molecule has 9 heteroatoms. The molecule has 2 rings (SSSR count). The Hall–Kier alpha value is -2.13. The molecule has 0 bridgehead atoms. The molecule has 0 aliphatic heterocycles. The summed E-state index contributed by atoms with van der Waals surface area (Å²) in [6, 6.07) is 3.49. The molecule has 0 saturated heterocycles. The molecule has 0 aliphatic rings. The molecular formula is C14H20N4O4S. The van der Waals surface area contributed by atoms with E-state index in [0.717, 1.165) is 4.31 Å². The highest BCUT2D eigenvalue weighted by atomic mass is 32.2. The molecule has 0 saturated carbocycles. The first kappa shape index (κ1) is 17.2. The third-order valence-electron chi connectivity index (χ3n) is 3.39. The third kappa shape index (κ3) is 3.62. The number of hydrogen-bond acceptors (Lipinski definition) is 5. The molecule has 0 aromatic carbocycles. The van der Waals surface area contributed by atoms with Gasteiger partial charge in [0, 0.05) is 14.1 Å². The highest BCUT2D eigenvalue weighted by molar-refractivity contribution is 7.89. The number of amides is 1. The van der Waals surface area contributed by atoms with Crippen LogP contribution < -0.4 is 5.32 Å². The summed E-state index contributed by atoms with van der Waals surface area (Å²) in [6.45, 7) is 3.46. The van der Waals surface area contributed by atoms with Gasteiger partial charge in [-0.2, -0.15) is 5.10 Å². The van der Waals surface area contributed by atoms with E-state index in [1.807, 2.05) is 0 Å². The number of carbonyl (C=O) groups excluding carboxylic acids is 1. The second-order valence-electron chi connectivity index (χ2n) is 5.30. The van der Waals surface area contributed by atoms with Gasteiger partial charge in [0.2, 0.25) is 15.9 Å². The van der Waals surface area contributed by atoms with E-state index in [1.165, 1.54) is 25.0 Å². The van der Waals surface area contributed by atoms with Crippen molar-refractivity contribution in [1.29, 1.82) is 0 Å². The minimum Gasteiger partial charge on any atom is -0.467 e. The third-order valence-corrected chi connectivity index (χ3v) is 5.46. The Morgan fingerprint density at radius 1 is 1.39 bits per heavy atom. The monoisotopic (exact) mass is 340 g/mol. The lowest BCUT2D eigenvalue weighted by atomic mass is 10.4. The summed E-state index contributed by atoms with van der Waals surface area (Å²) in [5.41, 5.74) is 0.805. The number of nitrogens with zero attached hydrogens (tertiary/aromatic N) is 3. The minimum absolute atomic E-state index is 0.0592. The average Bonchev–Trinajstić information content (AvgIpc) is 3.05. The van der Waals surface area contributed by atoms with Crippen LogP contribution in [0.25, 0.3) is 0 Å². The van der Waals surface area contributed by atoms with Gasteiger partial charge >= 0.3 is 0 Å². The number of nitrogens with one attached hydrogen (secondary N) is 1. The van der Waals surface area contributed by atoms with Crippen molar-refractivity contribution >= 4 is 15.9 Å². The molecule has 23 heavy (non-hydrogen) atoms. The summed E-state index contributed by atoms with van der Waals surface area (Å²) in [7, 11) is -0.678. The van der Waals surface area contributed by atoms with Crippen molar-refractivity contribution in [2.24, 2.45) is 0 Å². The van der Waals surface area contributed by atoms with Gasteiger partial charge < -0.3 is 9.73 Å². The van der Waals surface area contributed by atoms with Crippen LogP contribution in [0.3, 0.4) is 0 Å². The summed E-state index contributed by atoms with van der Waals surface area (Å²) in [6.07, 6.45) is 1.53. The molecule has 0 aliphatic carbocycles. The second-order valence-corrected chi connectivity index (χ2v) is 7.39. The standard InChI is InChI=1S/C14H20N4O4S/c1-10-14(23(20,21)17(3)4)11(2)18(16-10)9-13(19)15-8-12-6-5-7-22-12/h5-7H,8-9H2,1-4H3,(H,15,19). The van der Waals surface area contributed by atoms with E-state index in [2.05, 4.69) is 10.4 Å². The molecule has 0 radical (unpaired) electrons. The highest BCUT2D eigenvalue weighted by Crippen LogP contribution is 2.21. The lowest BCUT2D eigenvalue weighted by molar-refractivity contribution is -0.122. The van der Waals surface area contributed by atoms with E-state index >= 15 is 0 Å². The van der Waals surface area contributed by atoms with Crippen LogP contribution in [-0.4, -0.2) is 42.5 Å². The van der Waals surface area contributed by atoms with Crippen LogP contribution in [0, 0.1) is 13.8 Å². The van der Waals surface area contributed by atoms with Crippen molar-refractivity contribution < 1.29 is 17.6 Å². The predicted octanol–water partition coefficient (Wildman–Crippen LogP) is 0.660. The molecule has 2 heterocycles. The predicted molar refractivity (Wildman–Crippen MR) is 83.1 cm³/mol. The van der Waals surface area contributed by atoms with Crippen LogP contribution in [0.5, 0.6) is 0 Å². The normalized spacial score (nSPS) is 11.9. The van der Waals surface area contributed by atoms with Crippen LogP contribution >= 0.6 is 0 Å². The highest BCUT2D eigenvalue weighted by Gasteiger charge is 2.27. The van der Waals surface area contributed by atoms with Gasteiger partial charge in [0.15, 0.2) is 0 Å². The molecule has 1 N–H and O–H groups in total. The van der Waals surface area contributed by atoms with Crippen molar-refractivity contribution in [3.63, 3.8) is 0 Å². The van der Waals surface area contributed by atoms with Gasteiger partial charge in [0.1, 0.15) is 17.2 Å². The van der Waals surface area contributed by atoms with Gasteiger partial charge in [-0.15, -0.1) is 0 Å². The fraction of sp³-hybridized carbons (Fsp3) is 0.429. The SMILES string of the molecule is Cc1nn(CC(=O)NCc2ccco2)c(C)c1S(=O)(=O)N(C)C. The summed E-state index contributed by atoms with van der Waals surface area (Å²) in [5.74, 6) is 0.364. The molecule has 0 fully saturated rings. The zero-order chi connectivity index (χ0) is 17.2. The molecule has 2 aromatic rings. The van der Waals surface area contributed by atoms with Crippen LogP contribution in [0.4, 0.5) is 0 Å². The van der Waals surface area contributed by atoms with Crippen molar-refractivity contribution in [3.05, 3.63) is 35.5 Å². The quantitative estimate of drug-likeness (QED) is 0.833. The Morgan fingerprint density at radius 3 is 2.65 bits per heavy atom. The number of hydrogen-bond donors (Lipinski definition) is 1. The molecule has 2 aromatic heterocycles. The minimum atomic E-state index is -3.60. The number of aryl methyl sites for hydroxylation is 1. The molecular weight excluding hydrogens is 320 g/mol. The largest absolute Gasteiger partial charge is 0.467 e. The Bertz CT molecular complexity index is 791. The number of aromatic nitrogens is 2. The molecule has 0 unspecified atom stereocenters. The van der Waals surface area contributed by atoms with Crippen molar-refractivity contribution in [2.75, 3.05) is 14.1 Å². The lowest BCUT2D eigenvalue weighted by Crippen LogP contribution is -2.28. The Morgan fingerprint density at radius 2 is 2.09 bits per heavy atom. The summed E-state index contributed by atoms with van der Waals surface area (Å²) < 4.78 is 32.3. The van der Waals surface area contributed by atoms with Crippen LogP contribution in [0.1, 0.15) is 17.1 Å². The number of rotatable bonds is 6. The van der Waals surface area contributed by atoms with E-state index in [0.29, 0.717) is 17.1 Å². The first-order valence-electron chi connectivity index (χ1n) is 6.99. The smallest absolute Gasteiger partial charge is 0.246 e. The Balaban J connectivity index is 2.14. The zero-order valence-electron chi connectivity index (χ0n) is 13.5. The molecule has 1 amide bonds. The van der Waals surface area contributed by atoms with Crippen LogP contribution in [0.2, 0.25) is 0 Å². The molecule has 0 atom stereocenters. The topological polar surface area (TPSA) is 97.4 Å². The van der Waals surface area contributed by atoms with Crippen LogP contribution in [0.15, 0.2) is 27.7 Å². The first-order valence-corrected chi connectivity index (χ1v) is 8.43. The van der Waals surface area contributed by atoms with Crippen molar-refractivity contribution in [1.82, 2.24) is 19.4 Å². The fourth-order valence-electron chi connectivity index (χ4n) is 2.18. The van der Waals surface area contributed by atoms with Crippen molar-refractivity contribution in [2.45, 2.75) is 31.8 Å². The van der Waals surface area contributed by atoms with Crippen LogP contribution in [-0.2, 0) is 27.9 Å². The maximum absolute atomic E-state index is 12.3. The number of sulfonamides is 1. The second kappa shape index (κ2) is 6.55. The molecule has 8 nitrogen and oxygen atoms in total. The van der Waals surface area contributed by atoms with E-state index in [4.69, 9.17) is 4.42 Å². The van der Waals surface area contributed by atoms with Gasteiger partial charge in [0.05, 0.1) is 24.2 Å². The van der Waals surface area contributed by atoms with Gasteiger partial charge in [-0.05, 0) is 26.0 Å². The summed E-state index contributed by atoms with van der Waals surface area (Å²) in [4.78, 5) is 12.1. The van der Waals surface area contributed by atoms with E-state index < -0.39 is 10.0 Å². The van der Waals surface area contributed by atoms with E-state index in [-0.39, 0.29) is 23.9 Å². The zero-order valence-corrected chi connectivity index (χ0v) is 14.3. The maximum Gasteiger partial charge on any atom is 0.246 e. The van der Waals surface area contributed by atoms with Gasteiger partial charge in [-0.25, -0.2) is 12.7 Å². The van der Waals surface area contributed by atoms with Gasteiger partial charge in [0.25, 0.3) is 0 Å². The lowest BCUT2D eigenvalue weighted by Gasteiger charge is -2.11. The first-order chi connectivity index (χ1) is 10.7. The molecule has 126 valence electrons. The van der Waals surface area contributed by atoms with Crippen molar-refractivity contribution in [3.8, 4) is 0 Å². The Labute approximate surface area is 135 Å². The summed E-state index contributed by atoms with van der Waals surface area (Å²) in [5, 5.41) is 6.87. The number of furan rings is 1. The van der Waals surface area contributed by atoms with Gasteiger partial charge in [-0.3, -0.25) is 9.48 Å². The average molecular weight is 340 g/mol. The number of carbonyl (C=O) groups is 1. The van der Waals surface area contributed by atoms with E-state index in [1.54, 1.807) is 26.0 Å². The van der Waals surface area contributed by atoms with Gasteiger partial charge in [-0.1, -0.05) is 0 Å². The molecule has 0 spiro atoms. The fourth-order valence-corrected chi connectivity index (χ4v) is 3.44. The Kier molecular flexibility index (Phi) is 4.90. The summed E-state index contributed by atoms with van der Waals surface area (Å²) >= 11 is 0. The maximum atomic E-state index is 12.3.